The van der Waals surface area contributed by atoms with Crippen molar-refractivity contribution in [2.45, 2.75) is 37.6 Å². The molecule has 3 N–H and O–H groups in total. The molecule has 1 saturated carbocycles. The van der Waals surface area contributed by atoms with Gasteiger partial charge in [0.1, 0.15) is 0 Å². The number of nitro benzene ring substituents is 1. The third-order valence-corrected chi connectivity index (χ3v) is 4.24. The summed E-state index contributed by atoms with van der Waals surface area (Å²) in [4.78, 5) is 22.3. The van der Waals surface area contributed by atoms with E-state index in [-0.39, 0.29) is 18.0 Å². The van der Waals surface area contributed by atoms with Crippen LogP contribution in [-0.4, -0.2) is 16.4 Å². The Morgan fingerprint density at radius 2 is 2.10 bits per heavy atom. The van der Waals surface area contributed by atoms with Gasteiger partial charge in [-0.15, -0.1) is 0 Å². The predicted octanol–water partition coefficient (Wildman–Crippen LogP) is 2.96. The van der Waals surface area contributed by atoms with Crippen molar-refractivity contribution < 1.29 is 9.72 Å². The number of hydrogen-bond acceptors (Lipinski definition) is 4. The van der Waals surface area contributed by atoms with Gasteiger partial charge in [-0.25, -0.2) is 0 Å². The zero-order valence-corrected chi connectivity index (χ0v) is 12.5. The van der Waals surface area contributed by atoms with Gasteiger partial charge in [-0.05, 0) is 34.8 Å². The van der Waals surface area contributed by atoms with Crippen LogP contribution in [0, 0.1) is 10.1 Å². The monoisotopic (exact) mass is 341 g/mol. The second kappa shape index (κ2) is 5.88. The zero-order valence-electron chi connectivity index (χ0n) is 10.9. The van der Waals surface area contributed by atoms with Crippen LogP contribution >= 0.6 is 15.9 Å². The molecule has 20 heavy (non-hydrogen) atoms. The lowest BCUT2D eigenvalue weighted by Crippen LogP contribution is -2.40. The summed E-state index contributed by atoms with van der Waals surface area (Å²) in [5, 5.41) is 13.4. The van der Waals surface area contributed by atoms with Gasteiger partial charge in [-0.3, -0.25) is 14.9 Å². The van der Waals surface area contributed by atoms with E-state index in [9.17, 15) is 14.9 Å². The summed E-state index contributed by atoms with van der Waals surface area (Å²) in [6.45, 7) is 0. The van der Waals surface area contributed by atoms with Crippen molar-refractivity contribution in [3.63, 3.8) is 0 Å². The van der Waals surface area contributed by atoms with Crippen LogP contribution in [0.25, 0.3) is 0 Å². The van der Waals surface area contributed by atoms with Gasteiger partial charge in [0, 0.05) is 28.6 Å². The van der Waals surface area contributed by atoms with Gasteiger partial charge in [-0.1, -0.05) is 12.8 Å². The summed E-state index contributed by atoms with van der Waals surface area (Å²) >= 11 is 3.27. The molecule has 0 spiro atoms. The van der Waals surface area contributed by atoms with Crippen LogP contribution in [0.3, 0.4) is 0 Å². The van der Waals surface area contributed by atoms with Crippen LogP contribution < -0.4 is 11.1 Å². The molecule has 108 valence electrons. The minimum Gasteiger partial charge on any atom is -0.325 e. The van der Waals surface area contributed by atoms with Gasteiger partial charge in [-0.2, -0.15) is 0 Å². The van der Waals surface area contributed by atoms with Crippen molar-refractivity contribution in [1.82, 2.24) is 0 Å². The summed E-state index contributed by atoms with van der Waals surface area (Å²) in [5.41, 5.74) is 6.05. The number of nitro groups is 1. The minimum atomic E-state index is -0.497. The Kier molecular flexibility index (Phi) is 4.39. The molecular weight excluding hydrogens is 326 g/mol. The standard InChI is InChI=1S/C13H16BrN3O3/c14-10-4-3-9(17(19)20)7-11(10)16-12(18)8-13(15)5-1-2-6-13/h3-4,7H,1-2,5-6,8,15H2,(H,16,18). The van der Waals surface area contributed by atoms with Crippen LogP contribution in [0.4, 0.5) is 11.4 Å². The fourth-order valence-corrected chi connectivity index (χ4v) is 2.84. The van der Waals surface area contributed by atoms with E-state index >= 15 is 0 Å². The summed E-state index contributed by atoms with van der Waals surface area (Å²) in [6, 6.07) is 4.25. The normalized spacial score (nSPS) is 16.9. The maximum atomic E-state index is 12.0. The van der Waals surface area contributed by atoms with Gasteiger partial charge in [0.05, 0.1) is 10.6 Å². The van der Waals surface area contributed by atoms with E-state index in [2.05, 4.69) is 21.2 Å². The Hall–Kier alpha value is -1.47. The number of amides is 1. The Bertz CT molecular complexity index is 542. The number of rotatable bonds is 4. The molecule has 0 aromatic heterocycles. The number of benzene rings is 1. The lowest BCUT2D eigenvalue weighted by atomic mass is 9.94. The quantitative estimate of drug-likeness (QED) is 0.649. The maximum Gasteiger partial charge on any atom is 0.271 e. The van der Waals surface area contributed by atoms with Gasteiger partial charge in [0.15, 0.2) is 0 Å². The SMILES string of the molecule is NC1(CC(=O)Nc2cc([N+](=O)[O-])ccc2Br)CCCC1. The van der Waals surface area contributed by atoms with Crippen LogP contribution in [0.15, 0.2) is 22.7 Å². The van der Waals surface area contributed by atoms with E-state index in [0.29, 0.717) is 10.2 Å². The highest BCUT2D eigenvalue weighted by Crippen LogP contribution is 2.31. The van der Waals surface area contributed by atoms with Crippen LogP contribution in [-0.2, 0) is 4.79 Å². The van der Waals surface area contributed by atoms with Crippen molar-refractivity contribution >= 4 is 33.2 Å². The molecule has 1 aromatic carbocycles. The topological polar surface area (TPSA) is 98.3 Å². The number of halogens is 1. The molecule has 2 rings (SSSR count). The number of nitrogens with two attached hydrogens (primary N) is 1. The van der Waals surface area contributed by atoms with E-state index in [1.807, 2.05) is 0 Å². The molecule has 0 bridgehead atoms. The van der Waals surface area contributed by atoms with Crippen molar-refractivity contribution in [3.05, 3.63) is 32.8 Å². The average Bonchev–Trinajstić information content (AvgIpc) is 2.78. The van der Waals surface area contributed by atoms with Gasteiger partial charge in [0.2, 0.25) is 5.91 Å². The van der Waals surface area contributed by atoms with Crippen molar-refractivity contribution in [2.24, 2.45) is 5.73 Å². The molecule has 1 fully saturated rings. The summed E-state index contributed by atoms with van der Waals surface area (Å²) in [5.74, 6) is -0.212. The average molecular weight is 342 g/mol. The van der Waals surface area contributed by atoms with Gasteiger partial charge >= 0.3 is 0 Å². The fourth-order valence-electron chi connectivity index (χ4n) is 2.49. The van der Waals surface area contributed by atoms with E-state index in [4.69, 9.17) is 5.73 Å². The molecule has 1 aromatic rings. The number of nitrogens with one attached hydrogen (secondary N) is 1. The molecule has 7 heteroatoms. The summed E-state index contributed by atoms with van der Waals surface area (Å²) in [6.07, 6.45) is 4.02. The van der Waals surface area contributed by atoms with Gasteiger partial charge in [0.25, 0.3) is 5.69 Å². The van der Waals surface area contributed by atoms with Crippen molar-refractivity contribution in [3.8, 4) is 0 Å². The predicted molar refractivity (Wildman–Crippen MR) is 79.4 cm³/mol. The first-order valence-electron chi connectivity index (χ1n) is 6.42. The third-order valence-electron chi connectivity index (χ3n) is 3.55. The Labute approximate surface area is 125 Å². The van der Waals surface area contributed by atoms with Crippen LogP contribution in [0.2, 0.25) is 0 Å². The van der Waals surface area contributed by atoms with Crippen LogP contribution in [0.5, 0.6) is 0 Å². The first-order valence-corrected chi connectivity index (χ1v) is 7.22. The summed E-state index contributed by atoms with van der Waals surface area (Å²) < 4.78 is 0.606. The molecule has 1 amide bonds. The highest BCUT2D eigenvalue weighted by atomic mass is 79.9. The lowest BCUT2D eigenvalue weighted by Gasteiger charge is -2.22. The molecule has 0 radical (unpaired) electrons. The van der Waals surface area contributed by atoms with Crippen molar-refractivity contribution in [2.75, 3.05) is 5.32 Å². The molecule has 0 saturated heterocycles. The molecule has 0 atom stereocenters. The highest BCUT2D eigenvalue weighted by Gasteiger charge is 2.31. The maximum absolute atomic E-state index is 12.0. The highest BCUT2D eigenvalue weighted by molar-refractivity contribution is 9.10. The minimum absolute atomic E-state index is 0.0631. The Morgan fingerprint density at radius 1 is 1.45 bits per heavy atom. The van der Waals surface area contributed by atoms with Gasteiger partial charge < -0.3 is 11.1 Å². The lowest BCUT2D eigenvalue weighted by molar-refractivity contribution is -0.384. The number of carbonyl (C=O) groups is 1. The molecule has 1 aliphatic rings. The number of carbonyl (C=O) groups excluding carboxylic acids is 1. The molecular formula is C13H16BrN3O3. The molecule has 6 nitrogen and oxygen atoms in total. The number of nitrogens with zero attached hydrogens (tertiary/aromatic N) is 1. The number of hydrogen-bond donors (Lipinski definition) is 2. The largest absolute Gasteiger partial charge is 0.325 e. The molecule has 1 aliphatic carbocycles. The smallest absolute Gasteiger partial charge is 0.271 e. The number of anilines is 1. The first kappa shape index (κ1) is 14.9. The third kappa shape index (κ3) is 3.55. The molecule has 0 unspecified atom stereocenters. The number of non-ortho nitro benzene ring substituents is 1. The van der Waals surface area contributed by atoms with Crippen molar-refractivity contribution in [1.29, 1.82) is 0 Å². The summed E-state index contributed by atoms with van der Waals surface area (Å²) in [7, 11) is 0. The van der Waals surface area contributed by atoms with E-state index in [1.54, 1.807) is 6.07 Å². The molecule has 0 heterocycles. The van der Waals surface area contributed by atoms with E-state index in [0.717, 1.165) is 25.7 Å². The second-order valence-electron chi connectivity index (χ2n) is 5.22. The van der Waals surface area contributed by atoms with Crippen LogP contribution in [0.1, 0.15) is 32.1 Å². The Balaban J connectivity index is 2.07. The molecule has 0 aliphatic heterocycles. The van der Waals surface area contributed by atoms with E-state index in [1.165, 1.54) is 12.1 Å². The van der Waals surface area contributed by atoms with E-state index < -0.39 is 10.5 Å². The second-order valence-corrected chi connectivity index (χ2v) is 6.07. The fraction of sp³-hybridized carbons (Fsp3) is 0.462. The Morgan fingerprint density at radius 3 is 2.70 bits per heavy atom. The first-order chi connectivity index (χ1) is 9.39. The zero-order chi connectivity index (χ0) is 14.8.